The Bertz CT molecular complexity index is 1770. The summed E-state index contributed by atoms with van der Waals surface area (Å²) in [6.45, 7) is 10.9. The van der Waals surface area contributed by atoms with Crippen molar-refractivity contribution >= 4 is 46.8 Å². The smallest absolute Gasteiger partial charge is 0.336 e. The largest absolute Gasteiger partial charge is 0.468 e. The molecule has 0 radical (unpaired) electrons. The van der Waals surface area contributed by atoms with E-state index >= 15 is 0 Å². The van der Waals surface area contributed by atoms with Crippen molar-refractivity contribution in [3.63, 3.8) is 0 Å². The van der Waals surface area contributed by atoms with Gasteiger partial charge in [-0.3, -0.25) is 19.5 Å². The number of carbonyl (C=O) groups is 3. The zero-order chi connectivity index (χ0) is 40.6. The molecule has 4 heterocycles. The Kier molecular flexibility index (Phi) is 15.3. The molecule has 310 valence electrons. The number of aryl methyl sites for hydroxylation is 1. The maximum absolute atomic E-state index is 14.2. The lowest BCUT2D eigenvalue weighted by Gasteiger charge is -2.45. The number of piperidine rings is 1. The molecule has 0 N–H and O–H groups in total. The molecule has 13 heteroatoms. The van der Waals surface area contributed by atoms with Crippen molar-refractivity contribution < 1.29 is 28.6 Å². The maximum atomic E-state index is 14.2. The Balaban J connectivity index is 1.28. The highest BCUT2D eigenvalue weighted by Crippen LogP contribution is 2.47. The number of allylic oxidation sites excluding steroid dienone is 1. The number of piperazine rings is 1. The summed E-state index contributed by atoms with van der Waals surface area (Å²) >= 11 is 13.7. The van der Waals surface area contributed by atoms with E-state index in [0.717, 1.165) is 43.9 Å². The van der Waals surface area contributed by atoms with Crippen LogP contribution in [-0.4, -0.2) is 135 Å². The van der Waals surface area contributed by atoms with Gasteiger partial charge in [0.15, 0.2) is 0 Å². The number of rotatable bonds is 16. The van der Waals surface area contributed by atoms with Crippen LogP contribution in [0.5, 0.6) is 0 Å². The van der Waals surface area contributed by atoms with Gasteiger partial charge in [-0.05, 0) is 87.5 Å². The Labute approximate surface area is 348 Å². The van der Waals surface area contributed by atoms with Crippen LogP contribution in [0.15, 0.2) is 58.7 Å². The number of amides is 1. The van der Waals surface area contributed by atoms with E-state index < -0.39 is 23.8 Å². The van der Waals surface area contributed by atoms with Crippen molar-refractivity contribution in [3.8, 4) is 0 Å². The van der Waals surface area contributed by atoms with Gasteiger partial charge in [0, 0.05) is 72.5 Å². The second kappa shape index (κ2) is 20.1. The van der Waals surface area contributed by atoms with Gasteiger partial charge in [0.2, 0.25) is 5.91 Å². The van der Waals surface area contributed by atoms with E-state index in [1.54, 1.807) is 18.2 Å². The maximum Gasteiger partial charge on any atom is 0.336 e. The van der Waals surface area contributed by atoms with E-state index in [4.69, 9.17) is 42.4 Å². The number of methoxy groups -OCH3 is 2. The van der Waals surface area contributed by atoms with Gasteiger partial charge in [0.25, 0.3) is 0 Å². The first-order chi connectivity index (χ1) is 27.6. The Morgan fingerprint density at radius 2 is 1.49 bits per heavy atom. The minimum absolute atomic E-state index is 0.119. The molecular formula is C44H59Cl2N5O6. The fourth-order valence-corrected chi connectivity index (χ4v) is 10.1. The molecule has 11 nitrogen and oxygen atoms in total. The lowest BCUT2D eigenvalue weighted by atomic mass is 9.73. The van der Waals surface area contributed by atoms with Crippen molar-refractivity contribution in [1.29, 1.82) is 0 Å². The second-order valence-corrected chi connectivity index (χ2v) is 16.5. The highest BCUT2D eigenvalue weighted by atomic mass is 35.5. The molecule has 3 saturated heterocycles. The topological polar surface area (TPSA) is 104 Å². The van der Waals surface area contributed by atoms with E-state index in [2.05, 4.69) is 35.6 Å². The number of esters is 2. The zero-order valence-electron chi connectivity index (χ0n) is 34.2. The number of fused-ring (bicyclic) bond motifs is 2. The zero-order valence-corrected chi connectivity index (χ0v) is 35.7. The number of hydrogen-bond donors (Lipinski definition) is 0. The summed E-state index contributed by atoms with van der Waals surface area (Å²) in [6, 6.07) is 15.0. The molecule has 3 unspecified atom stereocenters. The molecule has 1 amide bonds. The lowest BCUT2D eigenvalue weighted by Crippen LogP contribution is -2.56. The van der Waals surface area contributed by atoms with Gasteiger partial charge in [-0.1, -0.05) is 67.4 Å². The molecule has 2 aromatic rings. The van der Waals surface area contributed by atoms with Crippen LogP contribution < -0.4 is 0 Å². The van der Waals surface area contributed by atoms with Gasteiger partial charge < -0.3 is 28.9 Å². The number of halogens is 2. The third kappa shape index (κ3) is 9.94. The standard InChI is InChI=1S/C44H59Cl2N5O6/c1-6-49(7-2)23-24-57-28-30-12-9-8-11-29(30)15-18-36-40(43(53)55-4)42(39-34(45)13-10-14-35(39)46)41(44(54)56-5)37(47-36)27-38(52)51-21-19-50(20-22-51)33-25-31-16-17-32(26-33)48(31)3/h8-14,31-33,41-42H,6-7,15-28H2,1-5H3/t31?,32?,33?,41?,42-/m1/s1. The molecule has 57 heavy (non-hydrogen) atoms. The number of nitrogens with zero attached hydrogens (tertiary/aromatic N) is 5. The number of hydrogen-bond acceptors (Lipinski definition) is 10. The molecule has 3 fully saturated rings. The van der Waals surface area contributed by atoms with E-state index in [1.807, 2.05) is 29.2 Å². The lowest BCUT2D eigenvalue weighted by molar-refractivity contribution is -0.143. The van der Waals surface area contributed by atoms with Crippen molar-refractivity contribution in [2.75, 3.05) is 73.7 Å². The highest BCUT2D eigenvalue weighted by Gasteiger charge is 2.47. The summed E-state index contributed by atoms with van der Waals surface area (Å²) in [5.41, 5.74) is 3.38. The van der Waals surface area contributed by atoms with Crippen LogP contribution in [0.4, 0.5) is 0 Å². The van der Waals surface area contributed by atoms with Gasteiger partial charge in [-0.25, -0.2) is 4.79 Å². The summed E-state index contributed by atoms with van der Waals surface area (Å²) in [6.07, 6.45) is 5.61. The first kappa shape index (κ1) is 43.3. The minimum Gasteiger partial charge on any atom is -0.468 e. The van der Waals surface area contributed by atoms with Gasteiger partial charge in [0.1, 0.15) is 5.92 Å². The third-order valence-corrected chi connectivity index (χ3v) is 13.5. The average Bonchev–Trinajstić information content (AvgIpc) is 3.40. The molecule has 0 spiro atoms. The summed E-state index contributed by atoms with van der Waals surface area (Å²) in [5.74, 6) is -3.56. The molecule has 4 aliphatic heterocycles. The number of benzene rings is 2. The summed E-state index contributed by atoms with van der Waals surface area (Å²) in [5, 5.41) is 0.556. The highest BCUT2D eigenvalue weighted by molar-refractivity contribution is 6.36. The average molecular weight is 825 g/mol. The van der Waals surface area contributed by atoms with E-state index in [-0.39, 0.29) is 27.9 Å². The molecule has 0 aromatic heterocycles. The molecule has 2 aromatic carbocycles. The molecule has 4 aliphatic rings. The van der Waals surface area contributed by atoms with Crippen molar-refractivity contribution in [2.24, 2.45) is 10.9 Å². The molecule has 2 bridgehead atoms. The van der Waals surface area contributed by atoms with Gasteiger partial charge in [0.05, 0.1) is 45.1 Å². The Hall–Kier alpha value is -3.32. The molecule has 6 rings (SSSR count). The predicted octanol–water partition coefficient (Wildman–Crippen LogP) is 6.40. The summed E-state index contributed by atoms with van der Waals surface area (Å²) in [7, 11) is 4.85. The van der Waals surface area contributed by atoms with Crippen LogP contribution in [0.2, 0.25) is 10.0 Å². The minimum atomic E-state index is -1.14. The SMILES string of the molecule is CCN(CC)CCOCc1ccccc1CCC1=C(C(=O)OC)[C@@H](c2c(Cl)cccc2Cl)C(C(=O)OC)C(CC(=O)N2CCN(C3CC4CCC(C3)N4C)CC2)=N1. The third-order valence-electron chi connectivity index (χ3n) is 12.8. The van der Waals surface area contributed by atoms with E-state index in [1.165, 1.54) is 39.9 Å². The summed E-state index contributed by atoms with van der Waals surface area (Å²) in [4.78, 5) is 56.4. The Morgan fingerprint density at radius 3 is 2.11 bits per heavy atom. The fraction of sp³-hybridized carbons (Fsp3) is 0.591. The quantitative estimate of drug-likeness (QED) is 0.141. The first-order valence-electron chi connectivity index (χ1n) is 20.6. The van der Waals surface area contributed by atoms with E-state index in [9.17, 15) is 14.4 Å². The molecule has 0 aliphatic carbocycles. The monoisotopic (exact) mass is 823 g/mol. The predicted molar refractivity (Wildman–Crippen MR) is 224 cm³/mol. The number of aliphatic imine (C=N–C) groups is 1. The van der Waals surface area contributed by atoms with Crippen LogP contribution in [0, 0.1) is 5.92 Å². The van der Waals surface area contributed by atoms with Crippen LogP contribution >= 0.6 is 23.2 Å². The number of ether oxygens (including phenoxy) is 3. The van der Waals surface area contributed by atoms with Crippen molar-refractivity contribution in [3.05, 3.63) is 80.5 Å². The number of carbonyl (C=O) groups excluding carboxylic acids is 3. The van der Waals surface area contributed by atoms with Crippen LogP contribution in [0.1, 0.15) is 75.0 Å². The van der Waals surface area contributed by atoms with Crippen molar-refractivity contribution in [2.45, 2.75) is 89.4 Å². The molecular weight excluding hydrogens is 765 g/mol. The number of likely N-dealkylation sites (N-methyl/N-ethyl adjacent to an activating group) is 1. The van der Waals surface area contributed by atoms with Gasteiger partial charge in [-0.2, -0.15) is 0 Å². The molecule has 0 saturated carbocycles. The summed E-state index contributed by atoms with van der Waals surface area (Å²) < 4.78 is 16.9. The Morgan fingerprint density at radius 1 is 0.842 bits per heavy atom. The molecule has 4 atom stereocenters. The van der Waals surface area contributed by atoms with Gasteiger partial charge >= 0.3 is 11.9 Å². The fourth-order valence-electron chi connectivity index (χ4n) is 9.45. The van der Waals surface area contributed by atoms with Crippen LogP contribution in [0.25, 0.3) is 0 Å². The normalized spacial score (nSPS) is 24.2. The van der Waals surface area contributed by atoms with Crippen molar-refractivity contribution in [1.82, 2.24) is 19.6 Å². The van der Waals surface area contributed by atoms with E-state index in [0.29, 0.717) is 74.2 Å². The van der Waals surface area contributed by atoms with Crippen LogP contribution in [-0.2, 0) is 41.6 Å². The van der Waals surface area contributed by atoms with Gasteiger partial charge in [-0.15, -0.1) is 0 Å². The second-order valence-electron chi connectivity index (χ2n) is 15.7. The first-order valence-corrected chi connectivity index (χ1v) is 21.3. The van der Waals surface area contributed by atoms with Crippen LogP contribution in [0.3, 0.4) is 0 Å².